The first kappa shape index (κ1) is 8.45. The number of hydrogen-bond donors (Lipinski definition) is 1. The molecule has 0 aliphatic carbocycles. The van der Waals surface area contributed by atoms with Crippen molar-refractivity contribution in [3.63, 3.8) is 0 Å². The number of hydrogen-bond acceptors (Lipinski definition) is 2. The lowest BCUT2D eigenvalue weighted by Crippen LogP contribution is -2.39. The first-order valence-electron chi connectivity index (χ1n) is 3.01. The van der Waals surface area contributed by atoms with Crippen molar-refractivity contribution in [3.8, 4) is 6.07 Å². The van der Waals surface area contributed by atoms with E-state index >= 15 is 0 Å². The molecule has 0 aromatic heterocycles. The summed E-state index contributed by atoms with van der Waals surface area (Å²) in [4.78, 5) is 0. The number of allylic oxidation sites excluding steroid dienone is 2. The van der Waals surface area contributed by atoms with Crippen molar-refractivity contribution in [3.05, 3.63) is 22.3 Å². The summed E-state index contributed by atoms with van der Waals surface area (Å²) in [5.74, 6) is 0. The second-order valence-electron chi connectivity index (χ2n) is 2.38. The monoisotopic (exact) mass is 188 g/mol. The summed E-state index contributed by atoms with van der Waals surface area (Å²) in [6, 6.07) is 2.02. The van der Waals surface area contributed by atoms with Gasteiger partial charge in [-0.15, -0.1) is 0 Å². The molecule has 1 atom stereocenters. The smallest absolute Gasteiger partial charge is 0.159 e. The third-order valence-electron chi connectivity index (χ3n) is 1.47. The molecule has 0 aromatic rings. The summed E-state index contributed by atoms with van der Waals surface area (Å²) in [6.45, 7) is 1.67. The van der Waals surface area contributed by atoms with Crippen molar-refractivity contribution in [2.45, 2.75) is 12.5 Å². The largest absolute Gasteiger partial charge is 0.369 e. The second-order valence-corrected chi connectivity index (χ2v) is 3.16. The van der Waals surface area contributed by atoms with Gasteiger partial charge in [-0.1, -0.05) is 23.2 Å². The number of dihydropyridines is 1. The lowest BCUT2D eigenvalue weighted by atomic mass is 10.0. The Labute approximate surface area is 75.1 Å². The van der Waals surface area contributed by atoms with Gasteiger partial charge in [-0.2, -0.15) is 5.26 Å². The SMILES string of the molecule is CC1(C#N)NC=CC(Cl)=C1Cl. The van der Waals surface area contributed by atoms with Crippen molar-refractivity contribution in [1.82, 2.24) is 5.32 Å². The Kier molecular flexibility index (Phi) is 2.12. The normalized spacial score (nSPS) is 29.6. The zero-order valence-corrected chi connectivity index (χ0v) is 7.37. The molecule has 2 nitrogen and oxygen atoms in total. The van der Waals surface area contributed by atoms with Crippen LogP contribution in [0.15, 0.2) is 22.3 Å². The van der Waals surface area contributed by atoms with Crippen molar-refractivity contribution >= 4 is 23.2 Å². The van der Waals surface area contributed by atoms with Crippen LogP contribution in [0, 0.1) is 11.3 Å². The molecule has 1 unspecified atom stereocenters. The molecule has 0 spiro atoms. The van der Waals surface area contributed by atoms with Crippen LogP contribution in [0.25, 0.3) is 0 Å². The predicted molar refractivity (Wildman–Crippen MR) is 45.0 cm³/mol. The average Bonchev–Trinajstić information content (AvgIpc) is 2.00. The minimum Gasteiger partial charge on any atom is -0.369 e. The summed E-state index contributed by atoms with van der Waals surface area (Å²) < 4.78 is 0. The van der Waals surface area contributed by atoms with E-state index in [1.165, 1.54) is 0 Å². The molecule has 0 amide bonds. The Morgan fingerprint density at radius 1 is 1.64 bits per heavy atom. The molecule has 0 radical (unpaired) electrons. The zero-order valence-electron chi connectivity index (χ0n) is 5.86. The molecule has 1 N–H and O–H groups in total. The van der Waals surface area contributed by atoms with Gasteiger partial charge in [0.1, 0.15) is 0 Å². The molecular weight excluding hydrogens is 183 g/mol. The third-order valence-corrected chi connectivity index (χ3v) is 2.47. The van der Waals surface area contributed by atoms with Crippen LogP contribution in [-0.2, 0) is 0 Å². The highest BCUT2D eigenvalue weighted by Crippen LogP contribution is 2.29. The van der Waals surface area contributed by atoms with Crippen LogP contribution in [0.4, 0.5) is 0 Å². The van der Waals surface area contributed by atoms with Crippen LogP contribution in [0.1, 0.15) is 6.92 Å². The van der Waals surface area contributed by atoms with Crippen LogP contribution in [-0.4, -0.2) is 5.54 Å². The number of nitriles is 1. The highest BCUT2D eigenvalue weighted by molar-refractivity contribution is 6.41. The van der Waals surface area contributed by atoms with Crippen LogP contribution >= 0.6 is 23.2 Å². The van der Waals surface area contributed by atoms with Gasteiger partial charge >= 0.3 is 0 Å². The summed E-state index contributed by atoms with van der Waals surface area (Å²) >= 11 is 11.5. The Bertz CT molecular complexity index is 275. The van der Waals surface area contributed by atoms with Gasteiger partial charge in [0.15, 0.2) is 5.54 Å². The van der Waals surface area contributed by atoms with E-state index in [1.807, 2.05) is 6.07 Å². The lowest BCUT2D eigenvalue weighted by Gasteiger charge is -2.24. The number of halogens is 2. The minimum absolute atomic E-state index is 0.337. The quantitative estimate of drug-likeness (QED) is 0.633. The van der Waals surface area contributed by atoms with Gasteiger partial charge in [0, 0.05) is 0 Å². The predicted octanol–water partition coefficient (Wildman–Crippen LogP) is 2.07. The van der Waals surface area contributed by atoms with E-state index in [1.54, 1.807) is 19.2 Å². The topological polar surface area (TPSA) is 35.8 Å². The highest BCUT2D eigenvalue weighted by Gasteiger charge is 2.30. The van der Waals surface area contributed by atoms with Gasteiger partial charge in [0.05, 0.1) is 16.1 Å². The first-order chi connectivity index (χ1) is 5.10. The van der Waals surface area contributed by atoms with Gasteiger partial charge in [-0.25, -0.2) is 0 Å². The van der Waals surface area contributed by atoms with Crippen molar-refractivity contribution in [2.75, 3.05) is 0 Å². The summed E-state index contributed by atoms with van der Waals surface area (Å²) in [5.41, 5.74) is -0.868. The summed E-state index contributed by atoms with van der Waals surface area (Å²) in [7, 11) is 0. The van der Waals surface area contributed by atoms with Gasteiger partial charge < -0.3 is 5.32 Å². The number of rotatable bonds is 0. The van der Waals surface area contributed by atoms with Crippen molar-refractivity contribution in [1.29, 1.82) is 5.26 Å². The molecule has 1 aliphatic heterocycles. The molecule has 0 fully saturated rings. The molecule has 0 saturated heterocycles. The number of nitrogens with one attached hydrogen (secondary N) is 1. The van der Waals surface area contributed by atoms with E-state index in [9.17, 15) is 0 Å². The van der Waals surface area contributed by atoms with Gasteiger partial charge in [0.2, 0.25) is 0 Å². The lowest BCUT2D eigenvalue weighted by molar-refractivity contribution is 0.612. The standard InChI is InChI=1S/C7H6Cl2N2/c1-7(4-10)6(9)5(8)2-3-11-7/h2-3,11H,1H3. The Hall–Kier alpha value is -0.650. The average molecular weight is 189 g/mol. The molecule has 1 aliphatic rings. The van der Waals surface area contributed by atoms with E-state index in [2.05, 4.69) is 5.32 Å². The molecule has 11 heavy (non-hydrogen) atoms. The fourth-order valence-electron chi connectivity index (χ4n) is 0.738. The minimum atomic E-state index is -0.868. The van der Waals surface area contributed by atoms with E-state index in [0.717, 1.165) is 0 Å². The molecule has 58 valence electrons. The first-order valence-corrected chi connectivity index (χ1v) is 3.77. The Morgan fingerprint density at radius 2 is 2.27 bits per heavy atom. The molecule has 0 bridgehead atoms. The fraction of sp³-hybridized carbons (Fsp3) is 0.286. The molecule has 0 saturated carbocycles. The van der Waals surface area contributed by atoms with Crippen LogP contribution in [0.5, 0.6) is 0 Å². The van der Waals surface area contributed by atoms with Gasteiger partial charge in [0.25, 0.3) is 0 Å². The maximum atomic E-state index is 8.71. The second kappa shape index (κ2) is 2.77. The zero-order chi connectivity index (χ0) is 8.48. The van der Waals surface area contributed by atoms with Gasteiger partial charge in [-0.05, 0) is 19.2 Å². The van der Waals surface area contributed by atoms with E-state index in [4.69, 9.17) is 28.5 Å². The van der Waals surface area contributed by atoms with E-state index < -0.39 is 5.54 Å². The van der Waals surface area contributed by atoms with Crippen LogP contribution in [0.2, 0.25) is 0 Å². The van der Waals surface area contributed by atoms with Crippen molar-refractivity contribution in [2.24, 2.45) is 0 Å². The fourth-order valence-corrected chi connectivity index (χ4v) is 1.15. The van der Waals surface area contributed by atoms with E-state index in [0.29, 0.717) is 10.1 Å². The molecule has 0 aromatic carbocycles. The molecule has 1 heterocycles. The number of nitrogens with zero attached hydrogens (tertiary/aromatic N) is 1. The van der Waals surface area contributed by atoms with Crippen LogP contribution < -0.4 is 5.32 Å². The van der Waals surface area contributed by atoms with Crippen LogP contribution in [0.3, 0.4) is 0 Å². The summed E-state index contributed by atoms with van der Waals surface area (Å²) in [5, 5.41) is 12.3. The Morgan fingerprint density at radius 3 is 2.73 bits per heavy atom. The molecule has 1 rings (SSSR count). The Balaban J connectivity index is 3.10. The maximum Gasteiger partial charge on any atom is 0.159 e. The van der Waals surface area contributed by atoms with Crippen molar-refractivity contribution < 1.29 is 0 Å². The van der Waals surface area contributed by atoms with Gasteiger partial charge in [-0.3, -0.25) is 0 Å². The maximum absolute atomic E-state index is 8.71. The molecule has 4 heteroatoms. The molecular formula is C7H6Cl2N2. The summed E-state index contributed by atoms with van der Waals surface area (Å²) in [6.07, 6.45) is 3.22. The van der Waals surface area contributed by atoms with E-state index in [-0.39, 0.29) is 0 Å². The highest BCUT2D eigenvalue weighted by atomic mass is 35.5. The third kappa shape index (κ3) is 1.35.